The Morgan fingerprint density at radius 3 is 0.970 bits per heavy atom. The van der Waals surface area contributed by atoms with E-state index < -0.39 is 0 Å². The van der Waals surface area contributed by atoms with E-state index in [1.165, 1.54) is 11.1 Å². The Hall–Kier alpha value is -2.12. The van der Waals surface area contributed by atoms with E-state index in [4.69, 9.17) is 0 Å². The van der Waals surface area contributed by atoms with Crippen molar-refractivity contribution in [2.24, 2.45) is 0 Å². The minimum Gasteiger partial charge on any atom is -0.508 e. The van der Waals surface area contributed by atoms with Crippen molar-refractivity contribution in [3.8, 4) is 11.5 Å². The van der Waals surface area contributed by atoms with Gasteiger partial charge >= 0.3 is 0 Å². The Morgan fingerprint density at radius 1 is 0.545 bits per heavy atom. The van der Waals surface area contributed by atoms with Crippen molar-refractivity contribution in [3.05, 3.63) is 57.6 Å². The van der Waals surface area contributed by atoms with Gasteiger partial charge in [-0.05, 0) is 120 Å². The summed E-state index contributed by atoms with van der Waals surface area (Å²) in [4.78, 5) is 8.62. The quantitative estimate of drug-likeness (QED) is 0.535. The molecule has 2 rings (SSSR count). The normalized spacial score (nSPS) is 12.2. The number of rotatable bonds is 11. The van der Waals surface area contributed by atoms with Crippen molar-refractivity contribution in [1.82, 2.24) is 19.6 Å². The molecule has 0 aliphatic heterocycles. The fourth-order valence-electron chi connectivity index (χ4n) is 4.85. The molecule has 2 aromatic rings. The average molecular weight is 457 g/mol. The molecule has 33 heavy (non-hydrogen) atoms. The Morgan fingerprint density at radius 2 is 0.788 bits per heavy atom. The van der Waals surface area contributed by atoms with Gasteiger partial charge in [-0.1, -0.05) is 6.92 Å². The second-order valence-corrected chi connectivity index (χ2v) is 10.3. The summed E-state index contributed by atoms with van der Waals surface area (Å²) in [6, 6.07) is 7.70. The highest BCUT2D eigenvalue weighted by molar-refractivity contribution is 5.53. The van der Waals surface area contributed by atoms with Crippen molar-refractivity contribution in [2.45, 2.75) is 45.4 Å². The predicted octanol–water partition coefficient (Wildman–Crippen LogP) is 3.89. The van der Waals surface area contributed by atoms with Gasteiger partial charge in [0.2, 0.25) is 0 Å². The van der Waals surface area contributed by atoms with Crippen molar-refractivity contribution in [2.75, 3.05) is 56.4 Å². The van der Waals surface area contributed by atoms with Crippen LogP contribution in [-0.2, 0) is 26.2 Å². The Bertz CT molecular complexity index is 787. The van der Waals surface area contributed by atoms with Crippen molar-refractivity contribution in [1.29, 1.82) is 0 Å². The van der Waals surface area contributed by atoms with Gasteiger partial charge in [0, 0.05) is 32.1 Å². The van der Waals surface area contributed by atoms with Crippen LogP contribution < -0.4 is 0 Å². The number of hydrogen-bond acceptors (Lipinski definition) is 6. The highest BCUT2D eigenvalue weighted by Gasteiger charge is 2.26. The third kappa shape index (κ3) is 7.44. The summed E-state index contributed by atoms with van der Waals surface area (Å²) in [5, 5.41) is 21.1. The average Bonchev–Trinajstić information content (AvgIpc) is 2.63. The van der Waals surface area contributed by atoms with Crippen LogP contribution in [-0.4, -0.2) is 86.2 Å². The minimum atomic E-state index is 0.154. The molecule has 0 unspecified atom stereocenters. The van der Waals surface area contributed by atoms with Gasteiger partial charge in [-0.15, -0.1) is 0 Å². The maximum absolute atomic E-state index is 10.6. The maximum atomic E-state index is 10.6. The number of aromatic hydroxyl groups is 2. The molecule has 0 aliphatic carbocycles. The number of phenols is 2. The van der Waals surface area contributed by atoms with E-state index in [0.717, 1.165) is 54.9 Å². The highest BCUT2D eigenvalue weighted by Crippen LogP contribution is 2.41. The Kier molecular flexibility index (Phi) is 9.73. The topological polar surface area (TPSA) is 53.4 Å². The van der Waals surface area contributed by atoms with E-state index in [-0.39, 0.29) is 5.92 Å². The molecular formula is C27H44N4O2. The first-order chi connectivity index (χ1) is 15.4. The van der Waals surface area contributed by atoms with Crippen LogP contribution in [0.3, 0.4) is 0 Å². The molecule has 0 atom stereocenters. The summed E-state index contributed by atoms with van der Waals surface area (Å²) in [7, 11) is 16.5. The van der Waals surface area contributed by atoms with E-state index in [2.05, 4.69) is 82.9 Å². The molecule has 0 saturated carbocycles. The molecule has 0 aliphatic rings. The maximum Gasteiger partial charge on any atom is 0.116 e. The van der Waals surface area contributed by atoms with Gasteiger partial charge in [-0.2, -0.15) is 0 Å². The SMILES string of the molecule is CCC(c1c(CN(C)C)cc(O)cc1CN(C)C)c1c(CN(C)C)cc(O)cc1CN(C)C. The summed E-state index contributed by atoms with van der Waals surface area (Å²) < 4.78 is 0. The number of hydrogen-bond donors (Lipinski definition) is 2. The summed E-state index contributed by atoms with van der Waals surface area (Å²) in [5.74, 6) is 0.783. The molecule has 6 nitrogen and oxygen atoms in total. The van der Waals surface area contributed by atoms with Crippen molar-refractivity contribution in [3.63, 3.8) is 0 Å². The van der Waals surface area contributed by atoms with Gasteiger partial charge in [-0.3, -0.25) is 0 Å². The van der Waals surface area contributed by atoms with Crippen LogP contribution in [0.1, 0.15) is 52.6 Å². The van der Waals surface area contributed by atoms with E-state index in [9.17, 15) is 10.2 Å². The van der Waals surface area contributed by atoms with Gasteiger partial charge in [-0.25, -0.2) is 0 Å². The molecule has 6 heteroatoms. The van der Waals surface area contributed by atoms with Crippen LogP contribution in [0.25, 0.3) is 0 Å². The standard InChI is InChI=1S/C27H44N4O2/c1-10-25(26-19(15-28(2)3)11-23(32)12-20(26)16-29(4)5)27-21(17-30(6)7)13-24(33)14-22(27)18-31(8)9/h11-14,25,32-33H,10,15-18H2,1-9H3. The van der Waals surface area contributed by atoms with Crippen LogP contribution in [0.5, 0.6) is 11.5 Å². The molecule has 2 N–H and O–H groups in total. The van der Waals surface area contributed by atoms with Crippen LogP contribution in [0, 0.1) is 0 Å². The molecule has 2 aromatic carbocycles. The first-order valence-corrected chi connectivity index (χ1v) is 11.7. The van der Waals surface area contributed by atoms with Crippen LogP contribution in [0.15, 0.2) is 24.3 Å². The van der Waals surface area contributed by atoms with Crippen molar-refractivity contribution < 1.29 is 10.2 Å². The van der Waals surface area contributed by atoms with E-state index in [1.807, 2.05) is 24.3 Å². The Labute approximate surface area is 201 Å². The lowest BCUT2D eigenvalue weighted by Crippen LogP contribution is -2.22. The van der Waals surface area contributed by atoms with E-state index in [0.29, 0.717) is 11.5 Å². The molecular weight excluding hydrogens is 412 g/mol. The summed E-state index contributed by atoms with van der Waals surface area (Å²) in [6.45, 7) is 5.26. The fraction of sp³-hybridized carbons (Fsp3) is 0.556. The fourth-order valence-corrected chi connectivity index (χ4v) is 4.85. The molecule has 0 fully saturated rings. The number of phenolic OH excluding ortho intramolecular Hbond substituents is 2. The van der Waals surface area contributed by atoms with Gasteiger partial charge in [0.25, 0.3) is 0 Å². The van der Waals surface area contributed by atoms with Gasteiger partial charge in [0.05, 0.1) is 0 Å². The molecule has 0 bridgehead atoms. The number of benzene rings is 2. The first kappa shape index (κ1) is 27.1. The van der Waals surface area contributed by atoms with Gasteiger partial charge in [0.15, 0.2) is 0 Å². The minimum absolute atomic E-state index is 0.154. The van der Waals surface area contributed by atoms with Crippen LogP contribution in [0.2, 0.25) is 0 Å². The molecule has 184 valence electrons. The monoisotopic (exact) mass is 456 g/mol. The summed E-state index contributed by atoms with van der Waals surface area (Å²) in [5.41, 5.74) is 7.21. The molecule has 0 heterocycles. The van der Waals surface area contributed by atoms with Crippen LogP contribution >= 0.6 is 0 Å². The van der Waals surface area contributed by atoms with Crippen molar-refractivity contribution >= 4 is 0 Å². The van der Waals surface area contributed by atoms with E-state index in [1.54, 1.807) is 0 Å². The second-order valence-electron chi connectivity index (χ2n) is 10.3. The largest absolute Gasteiger partial charge is 0.508 e. The van der Waals surface area contributed by atoms with Gasteiger partial charge < -0.3 is 29.8 Å². The highest BCUT2D eigenvalue weighted by atomic mass is 16.3. The third-order valence-electron chi connectivity index (χ3n) is 5.72. The number of nitrogens with zero attached hydrogens (tertiary/aromatic N) is 4. The Balaban J connectivity index is 2.87. The smallest absolute Gasteiger partial charge is 0.116 e. The zero-order valence-electron chi connectivity index (χ0n) is 22.1. The zero-order chi connectivity index (χ0) is 24.9. The molecule has 0 saturated heterocycles. The molecule has 0 amide bonds. The summed E-state index contributed by atoms with van der Waals surface area (Å²) >= 11 is 0. The lowest BCUT2D eigenvalue weighted by molar-refractivity contribution is 0.381. The zero-order valence-corrected chi connectivity index (χ0v) is 22.1. The van der Waals surface area contributed by atoms with Gasteiger partial charge in [0.1, 0.15) is 11.5 Å². The molecule has 0 spiro atoms. The molecule has 0 aromatic heterocycles. The first-order valence-electron chi connectivity index (χ1n) is 11.7. The second kappa shape index (κ2) is 11.8. The summed E-state index contributed by atoms with van der Waals surface area (Å²) in [6.07, 6.45) is 0.928. The third-order valence-corrected chi connectivity index (χ3v) is 5.72. The predicted molar refractivity (Wildman–Crippen MR) is 138 cm³/mol. The van der Waals surface area contributed by atoms with E-state index >= 15 is 0 Å². The lowest BCUT2D eigenvalue weighted by atomic mass is 9.78. The van der Waals surface area contributed by atoms with Crippen LogP contribution in [0.4, 0.5) is 0 Å². The molecule has 0 radical (unpaired) electrons. The lowest BCUT2D eigenvalue weighted by Gasteiger charge is -2.31.